The van der Waals surface area contributed by atoms with Crippen molar-refractivity contribution in [1.82, 2.24) is 20.5 Å². The van der Waals surface area contributed by atoms with E-state index in [0.29, 0.717) is 0 Å². The fourth-order valence-electron chi connectivity index (χ4n) is 1.89. The molecule has 0 saturated carbocycles. The second kappa shape index (κ2) is 6.56. The maximum absolute atomic E-state index is 5.30. The lowest BCUT2D eigenvalue weighted by Gasteiger charge is -2.25. The summed E-state index contributed by atoms with van der Waals surface area (Å²) in [5.41, 5.74) is 0. The first-order valence-corrected chi connectivity index (χ1v) is 6.35. The average Bonchev–Trinajstić information content (AvgIpc) is 2.85. The van der Waals surface area contributed by atoms with Gasteiger partial charge in [-0.2, -0.15) is 4.98 Å². The minimum atomic E-state index is 0.780. The molecule has 0 unspecified atom stereocenters. The number of nitrogens with zero attached hydrogens (tertiary/aromatic N) is 3. The van der Waals surface area contributed by atoms with Crippen molar-refractivity contribution in [2.45, 2.75) is 19.8 Å². The standard InChI is InChI=1S/C11H21N5O/c1-2-17-9-3-4-10-13-11(15-14-10)16-7-5-12-6-8-16/h12H,2-9H2,1H3,(H,13,14,15). The highest BCUT2D eigenvalue weighted by molar-refractivity contribution is 5.29. The van der Waals surface area contributed by atoms with Crippen LogP contribution in [0, 0.1) is 0 Å². The molecule has 6 heteroatoms. The van der Waals surface area contributed by atoms with Gasteiger partial charge in [0.05, 0.1) is 0 Å². The van der Waals surface area contributed by atoms with Gasteiger partial charge in [0, 0.05) is 45.8 Å². The van der Waals surface area contributed by atoms with E-state index in [1.807, 2.05) is 6.92 Å². The minimum absolute atomic E-state index is 0.780. The van der Waals surface area contributed by atoms with E-state index < -0.39 is 0 Å². The fourth-order valence-corrected chi connectivity index (χ4v) is 1.89. The number of ether oxygens (including phenoxy) is 1. The quantitative estimate of drug-likeness (QED) is 0.693. The highest BCUT2D eigenvalue weighted by atomic mass is 16.5. The molecule has 0 amide bonds. The van der Waals surface area contributed by atoms with Crippen molar-refractivity contribution < 1.29 is 4.74 Å². The molecule has 2 N–H and O–H groups in total. The zero-order valence-corrected chi connectivity index (χ0v) is 10.4. The Labute approximate surface area is 102 Å². The Morgan fingerprint density at radius 3 is 2.94 bits per heavy atom. The second-order valence-electron chi connectivity index (χ2n) is 4.12. The first-order valence-electron chi connectivity index (χ1n) is 6.35. The summed E-state index contributed by atoms with van der Waals surface area (Å²) in [6.07, 6.45) is 1.89. The number of piperazine rings is 1. The lowest BCUT2D eigenvalue weighted by molar-refractivity contribution is 0.145. The van der Waals surface area contributed by atoms with Crippen LogP contribution < -0.4 is 10.2 Å². The predicted molar refractivity (Wildman–Crippen MR) is 66.3 cm³/mol. The molecule has 0 aromatic carbocycles. The summed E-state index contributed by atoms with van der Waals surface area (Å²) in [4.78, 5) is 6.71. The number of aromatic amines is 1. The number of hydrogen-bond acceptors (Lipinski definition) is 5. The maximum Gasteiger partial charge on any atom is 0.244 e. The van der Waals surface area contributed by atoms with Crippen LogP contribution in [0.3, 0.4) is 0 Å². The van der Waals surface area contributed by atoms with Gasteiger partial charge in [0.25, 0.3) is 0 Å². The van der Waals surface area contributed by atoms with Gasteiger partial charge in [-0.05, 0) is 13.3 Å². The van der Waals surface area contributed by atoms with Crippen LogP contribution in [-0.4, -0.2) is 54.6 Å². The second-order valence-corrected chi connectivity index (χ2v) is 4.12. The SMILES string of the molecule is CCOCCCc1nc(N2CCNCC2)n[nH]1. The predicted octanol–water partition coefficient (Wildman–Crippen LogP) is 0.183. The van der Waals surface area contributed by atoms with Crippen LogP contribution in [0.1, 0.15) is 19.2 Å². The Hall–Kier alpha value is -1.14. The Morgan fingerprint density at radius 2 is 2.18 bits per heavy atom. The van der Waals surface area contributed by atoms with Gasteiger partial charge in [0.15, 0.2) is 0 Å². The monoisotopic (exact) mass is 239 g/mol. The molecule has 2 rings (SSSR count). The van der Waals surface area contributed by atoms with Crippen molar-refractivity contribution >= 4 is 5.95 Å². The Kier molecular flexibility index (Phi) is 4.75. The van der Waals surface area contributed by atoms with Gasteiger partial charge in [-0.3, -0.25) is 5.10 Å². The molecule has 96 valence electrons. The number of aromatic nitrogens is 3. The van der Waals surface area contributed by atoms with Crippen LogP contribution in [-0.2, 0) is 11.2 Å². The highest BCUT2D eigenvalue weighted by Gasteiger charge is 2.14. The van der Waals surface area contributed by atoms with Crippen molar-refractivity contribution in [2.75, 3.05) is 44.3 Å². The molecule has 1 aromatic heterocycles. The van der Waals surface area contributed by atoms with Crippen LogP contribution in [0.2, 0.25) is 0 Å². The van der Waals surface area contributed by atoms with E-state index in [2.05, 4.69) is 25.4 Å². The van der Waals surface area contributed by atoms with Gasteiger partial charge >= 0.3 is 0 Å². The van der Waals surface area contributed by atoms with E-state index in [0.717, 1.165) is 64.0 Å². The molecule has 1 fully saturated rings. The van der Waals surface area contributed by atoms with Crippen molar-refractivity contribution in [2.24, 2.45) is 0 Å². The third-order valence-corrected chi connectivity index (χ3v) is 2.83. The normalized spacial score (nSPS) is 16.4. The molecule has 6 nitrogen and oxygen atoms in total. The van der Waals surface area contributed by atoms with E-state index in [4.69, 9.17) is 4.74 Å². The van der Waals surface area contributed by atoms with Gasteiger partial charge in [-0.1, -0.05) is 0 Å². The molecule has 1 aromatic rings. The number of H-pyrrole nitrogens is 1. The molecule has 0 aliphatic carbocycles. The molecular formula is C11H21N5O. The van der Waals surface area contributed by atoms with E-state index >= 15 is 0 Å². The maximum atomic E-state index is 5.30. The van der Waals surface area contributed by atoms with E-state index in [9.17, 15) is 0 Å². The van der Waals surface area contributed by atoms with E-state index in [-0.39, 0.29) is 0 Å². The molecule has 1 saturated heterocycles. The molecule has 0 spiro atoms. The molecule has 0 atom stereocenters. The first kappa shape index (κ1) is 12.3. The van der Waals surface area contributed by atoms with Crippen molar-refractivity contribution in [1.29, 1.82) is 0 Å². The van der Waals surface area contributed by atoms with Crippen LogP contribution in [0.4, 0.5) is 5.95 Å². The summed E-state index contributed by atoms with van der Waals surface area (Å²) in [5, 5.41) is 10.6. The summed E-state index contributed by atoms with van der Waals surface area (Å²) >= 11 is 0. The molecule has 2 heterocycles. The molecule has 1 aliphatic rings. The number of hydrogen-bond donors (Lipinski definition) is 2. The van der Waals surface area contributed by atoms with Crippen molar-refractivity contribution in [3.05, 3.63) is 5.82 Å². The largest absolute Gasteiger partial charge is 0.382 e. The first-order chi connectivity index (χ1) is 8.40. The highest BCUT2D eigenvalue weighted by Crippen LogP contribution is 2.08. The number of aryl methyl sites for hydroxylation is 1. The van der Waals surface area contributed by atoms with Gasteiger partial charge in [-0.25, -0.2) is 0 Å². The van der Waals surface area contributed by atoms with E-state index in [1.165, 1.54) is 0 Å². The van der Waals surface area contributed by atoms with Crippen LogP contribution in [0.5, 0.6) is 0 Å². The van der Waals surface area contributed by atoms with Crippen molar-refractivity contribution in [3.8, 4) is 0 Å². The minimum Gasteiger partial charge on any atom is -0.382 e. The Bertz CT molecular complexity index is 321. The summed E-state index contributed by atoms with van der Waals surface area (Å²) in [7, 11) is 0. The zero-order valence-electron chi connectivity index (χ0n) is 10.4. The van der Waals surface area contributed by atoms with Crippen LogP contribution in [0.15, 0.2) is 0 Å². The number of nitrogens with one attached hydrogen (secondary N) is 2. The summed E-state index contributed by atoms with van der Waals surface area (Å²) in [5.74, 6) is 1.79. The summed E-state index contributed by atoms with van der Waals surface area (Å²) in [6, 6.07) is 0. The topological polar surface area (TPSA) is 66.1 Å². The van der Waals surface area contributed by atoms with Gasteiger partial charge in [0.1, 0.15) is 5.82 Å². The smallest absolute Gasteiger partial charge is 0.244 e. The van der Waals surface area contributed by atoms with Crippen LogP contribution >= 0.6 is 0 Å². The Morgan fingerprint density at radius 1 is 1.35 bits per heavy atom. The summed E-state index contributed by atoms with van der Waals surface area (Å²) < 4.78 is 5.30. The van der Waals surface area contributed by atoms with Gasteiger partial charge in [0.2, 0.25) is 5.95 Å². The number of anilines is 1. The summed E-state index contributed by atoms with van der Waals surface area (Å²) in [6.45, 7) is 7.56. The molecular weight excluding hydrogens is 218 g/mol. The molecule has 0 bridgehead atoms. The van der Waals surface area contributed by atoms with Gasteiger partial charge < -0.3 is 15.0 Å². The van der Waals surface area contributed by atoms with E-state index in [1.54, 1.807) is 0 Å². The third kappa shape index (κ3) is 3.67. The molecule has 17 heavy (non-hydrogen) atoms. The molecule has 1 aliphatic heterocycles. The lowest BCUT2D eigenvalue weighted by Crippen LogP contribution is -2.44. The van der Waals surface area contributed by atoms with Gasteiger partial charge in [-0.15, -0.1) is 5.10 Å². The number of rotatable bonds is 6. The fraction of sp³-hybridized carbons (Fsp3) is 0.818. The lowest BCUT2D eigenvalue weighted by atomic mass is 10.3. The average molecular weight is 239 g/mol. The molecule has 0 radical (unpaired) electrons. The zero-order chi connectivity index (χ0) is 11.9. The van der Waals surface area contributed by atoms with Crippen molar-refractivity contribution in [3.63, 3.8) is 0 Å². The Balaban J connectivity index is 1.78. The third-order valence-electron chi connectivity index (χ3n) is 2.83. The van der Waals surface area contributed by atoms with Crippen LogP contribution in [0.25, 0.3) is 0 Å².